The summed E-state index contributed by atoms with van der Waals surface area (Å²) >= 11 is 0. The number of rotatable bonds is 10. The molecule has 244 valence electrons. The fourth-order valence-electron chi connectivity index (χ4n) is 10.3. The second-order valence-electron chi connectivity index (χ2n) is 19.5. The molecule has 1 N–H and O–H groups in total. The second kappa shape index (κ2) is 11.3. The average Bonchev–Trinajstić information content (AvgIpc) is 2.97. The van der Waals surface area contributed by atoms with Crippen molar-refractivity contribution in [1.82, 2.24) is 0 Å². The average molecular weight is 714 g/mol. The normalized spacial score (nSPS) is 29.3. The molecular formula is C27H68O6Si8. The number of aliphatic hydroxyl groups excluding tert-OH is 1. The van der Waals surface area contributed by atoms with Crippen LogP contribution in [0.15, 0.2) is 0 Å². The third-order valence-corrected chi connectivity index (χ3v) is 145. The van der Waals surface area contributed by atoms with Crippen molar-refractivity contribution in [2.45, 2.75) is 162 Å². The first-order valence-electron chi connectivity index (χ1n) is 15.7. The van der Waals surface area contributed by atoms with Gasteiger partial charge in [-0.1, -0.05) is 118 Å². The summed E-state index contributed by atoms with van der Waals surface area (Å²) in [5, 5.41) is 12.5. The number of hydrogen-bond donors (Lipinski definition) is 1. The van der Waals surface area contributed by atoms with E-state index in [4.69, 9.17) is 23.1 Å². The topological polar surface area (TPSA) is 66.4 Å². The molecule has 0 aliphatic carbocycles. The van der Waals surface area contributed by atoms with Crippen LogP contribution in [0.25, 0.3) is 0 Å². The molecule has 1 spiro atoms. The highest BCUT2D eigenvalue weighted by Crippen LogP contribution is 2.47. The predicted molar refractivity (Wildman–Crippen MR) is 197 cm³/mol. The minimum atomic E-state index is -2.31. The predicted octanol–water partition coefficient (Wildman–Crippen LogP) is 7.02. The molecule has 2 saturated heterocycles. The molecule has 6 nitrogen and oxygen atoms in total. The van der Waals surface area contributed by atoms with Crippen LogP contribution < -0.4 is 0 Å². The molecule has 0 radical (unpaired) electrons. The first kappa shape index (κ1) is 38.7. The van der Waals surface area contributed by atoms with Gasteiger partial charge in [0.1, 0.15) is 18.8 Å². The Morgan fingerprint density at radius 1 is 0.561 bits per heavy atom. The fourth-order valence-corrected chi connectivity index (χ4v) is 198. The zero-order valence-electron chi connectivity index (χ0n) is 30.6. The van der Waals surface area contributed by atoms with E-state index in [1.807, 2.05) is 13.8 Å². The van der Waals surface area contributed by atoms with Gasteiger partial charge in [0.25, 0.3) is 0 Å². The molecular weight excluding hydrogens is 645 g/mol. The second-order valence-corrected chi connectivity index (χ2v) is 98.3. The van der Waals surface area contributed by atoms with Crippen molar-refractivity contribution in [3.05, 3.63) is 0 Å². The Bertz CT molecular complexity index is 864. The van der Waals surface area contributed by atoms with Crippen LogP contribution in [0, 0.1) is 0 Å². The highest BCUT2D eigenvalue weighted by molar-refractivity contribution is 7.88. The van der Waals surface area contributed by atoms with Crippen molar-refractivity contribution in [1.29, 1.82) is 0 Å². The Hall–Kier alpha value is 1.50. The van der Waals surface area contributed by atoms with E-state index in [-0.39, 0.29) is 12.7 Å². The zero-order valence-corrected chi connectivity index (χ0v) is 38.6. The van der Waals surface area contributed by atoms with Crippen LogP contribution in [0.4, 0.5) is 0 Å². The molecule has 4 atom stereocenters. The maximum absolute atomic E-state index is 12.5. The molecule has 2 heterocycles. The van der Waals surface area contributed by atoms with Crippen LogP contribution in [0.2, 0.25) is 118 Å². The molecule has 0 aromatic heterocycles. The van der Waals surface area contributed by atoms with Crippen LogP contribution in [-0.2, 0) is 23.1 Å². The summed E-state index contributed by atoms with van der Waals surface area (Å²) in [4.78, 5) is 0. The smallest absolute Gasteiger partial charge is 0.224 e. The SMILES string of the molecule is CC1(C)OC[C@]2(OC[C@@H](O[Si]([Si](C)(C)C)([Si](C)(C)C)[Si](C)(C)C)[C@@H](O[Si]([Si](C)(C)C)([Si](C)(C)C)[Si](C)(C)C)[C@@H]2O)O1. The van der Waals surface area contributed by atoms with Gasteiger partial charge in [0, 0.05) is 0 Å². The van der Waals surface area contributed by atoms with Crippen LogP contribution in [-0.4, -0.2) is 107 Å². The summed E-state index contributed by atoms with van der Waals surface area (Å²) in [6, 6.07) is 0. The molecule has 0 bridgehead atoms. The molecule has 2 aliphatic heterocycles. The van der Waals surface area contributed by atoms with Gasteiger partial charge < -0.3 is 28.2 Å². The third kappa shape index (κ3) is 6.67. The molecule has 0 amide bonds. The molecule has 2 fully saturated rings. The van der Waals surface area contributed by atoms with Crippen LogP contribution in [0.3, 0.4) is 0 Å². The lowest BCUT2D eigenvalue weighted by Crippen LogP contribution is -2.88. The van der Waals surface area contributed by atoms with Crippen molar-refractivity contribution in [2.24, 2.45) is 0 Å². The molecule has 0 aromatic carbocycles. The van der Waals surface area contributed by atoms with Gasteiger partial charge in [-0.3, -0.25) is 0 Å². The monoisotopic (exact) mass is 712 g/mol. The maximum atomic E-state index is 12.5. The van der Waals surface area contributed by atoms with Gasteiger partial charge in [-0.25, -0.2) is 0 Å². The van der Waals surface area contributed by atoms with E-state index in [9.17, 15) is 5.11 Å². The Balaban J connectivity index is 2.87. The van der Waals surface area contributed by atoms with Crippen LogP contribution in [0.5, 0.6) is 0 Å². The summed E-state index contributed by atoms with van der Waals surface area (Å²) in [7, 11) is -10.6. The lowest BCUT2D eigenvalue weighted by Gasteiger charge is -2.62. The number of aliphatic hydroxyl groups is 1. The van der Waals surface area contributed by atoms with Crippen molar-refractivity contribution >= 4 is 59.3 Å². The molecule has 14 heteroatoms. The number of ether oxygens (including phenoxy) is 3. The minimum Gasteiger partial charge on any atom is -0.418 e. The summed E-state index contributed by atoms with van der Waals surface area (Å²) in [6.07, 6.45) is -1.75. The summed E-state index contributed by atoms with van der Waals surface area (Å²) in [5.41, 5.74) is 0. The van der Waals surface area contributed by atoms with Crippen molar-refractivity contribution in [2.75, 3.05) is 13.2 Å². The van der Waals surface area contributed by atoms with E-state index in [0.717, 1.165) is 0 Å². The van der Waals surface area contributed by atoms with E-state index >= 15 is 0 Å². The fraction of sp³-hybridized carbons (Fsp3) is 1.00. The largest absolute Gasteiger partial charge is 0.418 e. The van der Waals surface area contributed by atoms with Crippen LogP contribution in [0.1, 0.15) is 13.8 Å². The van der Waals surface area contributed by atoms with E-state index in [1.165, 1.54) is 0 Å². The van der Waals surface area contributed by atoms with Gasteiger partial charge >= 0.3 is 0 Å². The standard InChI is InChI=1S/C27H68O6Si8/c1-26(2)30-22-27(33-26)25(28)24(32-41(37(12,13)14,38(15,16)17)39(18,19)20)23(21-29-27)31-40(34(3,4)5,35(6,7)8)36(9,10)11/h23-25,28H,21-22H2,1-20H3/t23-,24-,25+,27+/m1/s1. The maximum Gasteiger partial charge on any atom is 0.224 e. The molecule has 2 rings (SSSR count). The summed E-state index contributed by atoms with van der Waals surface area (Å²) in [5.74, 6) is -2.05. The molecule has 41 heavy (non-hydrogen) atoms. The van der Waals surface area contributed by atoms with Gasteiger partial charge in [-0.2, -0.15) is 0 Å². The van der Waals surface area contributed by atoms with Gasteiger partial charge in [-0.05, 0) is 13.8 Å². The van der Waals surface area contributed by atoms with Gasteiger partial charge in [-0.15, -0.1) is 0 Å². The highest BCUT2D eigenvalue weighted by Gasteiger charge is 2.70. The Morgan fingerprint density at radius 2 is 0.902 bits per heavy atom. The van der Waals surface area contributed by atoms with E-state index < -0.39 is 83.1 Å². The first-order chi connectivity index (χ1) is 17.7. The molecule has 0 saturated carbocycles. The van der Waals surface area contributed by atoms with Crippen molar-refractivity contribution in [3.63, 3.8) is 0 Å². The summed E-state index contributed by atoms with van der Waals surface area (Å²) < 4.78 is 34.9. The Kier molecular flexibility index (Phi) is 10.7. The van der Waals surface area contributed by atoms with E-state index in [0.29, 0.717) is 6.61 Å². The lowest BCUT2D eigenvalue weighted by molar-refractivity contribution is -0.333. The van der Waals surface area contributed by atoms with Crippen molar-refractivity contribution < 1.29 is 28.2 Å². The first-order valence-corrected chi connectivity index (χ1v) is 46.6. The van der Waals surface area contributed by atoms with Gasteiger partial charge in [0.15, 0.2) is 19.5 Å². The minimum absolute atomic E-state index is 0.202. The van der Waals surface area contributed by atoms with E-state index in [1.54, 1.807) is 0 Å². The highest BCUT2D eigenvalue weighted by atomic mass is 29.9. The third-order valence-electron chi connectivity index (χ3n) is 9.64. The molecule has 0 unspecified atom stereocenters. The molecule has 0 aromatic rings. The van der Waals surface area contributed by atoms with E-state index in [2.05, 4.69) is 118 Å². The van der Waals surface area contributed by atoms with Crippen molar-refractivity contribution in [3.8, 4) is 0 Å². The Morgan fingerprint density at radius 3 is 1.20 bits per heavy atom. The van der Waals surface area contributed by atoms with Gasteiger partial charge in [0.05, 0.1) is 58.3 Å². The molecule has 2 aliphatic rings. The van der Waals surface area contributed by atoms with Crippen LogP contribution >= 0.6 is 0 Å². The lowest BCUT2D eigenvalue weighted by atomic mass is 9.97. The van der Waals surface area contributed by atoms with Gasteiger partial charge in [0.2, 0.25) is 5.79 Å². The number of hydrogen-bond acceptors (Lipinski definition) is 6. The summed E-state index contributed by atoms with van der Waals surface area (Å²) in [6.45, 7) is 45.6. The quantitative estimate of drug-likeness (QED) is 0.246. The Labute approximate surface area is 261 Å². The zero-order chi connectivity index (χ0) is 32.7.